The Hall–Kier alpha value is -0.670. The molecule has 0 radical (unpaired) electrons. The lowest BCUT2D eigenvalue weighted by atomic mass is 10.3. The van der Waals surface area contributed by atoms with E-state index in [-0.39, 0.29) is 11.2 Å². The molecule has 1 aromatic heterocycles. The molecule has 0 spiro atoms. The molecule has 19 heavy (non-hydrogen) atoms. The fraction of sp³-hybridized carbons (Fsp3) is 0.364. The van der Waals surface area contributed by atoms with Gasteiger partial charge in [0.15, 0.2) is 6.54 Å². The molecule has 106 valence electrons. The summed E-state index contributed by atoms with van der Waals surface area (Å²) in [6.45, 7) is 0.597. The lowest BCUT2D eigenvalue weighted by Gasteiger charge is -1.97. The molecule has 8 heteroatoms. The summed E-state index contributed by atoms with van der Waals surface area (Å²) in [6.07, 6.45) is 2.42. The Kier molecular flexibility index (Phi) is 5.75. The van der Waals surface area contributed by atoms with E-state index in [1.54, 1.807) is 23.1 Å². The van der Waals surface area contributed by atoms with Crippen LogP contribution < -0.4 is 4.57 Å². The van der Waals surface area contributed by atoms with Gasteiger partial charge < -0.3 is 5.48 Å². The number of fused-ring (bicyclic) bond motifs is 1. The van der Waals surface area contributed by atoms with Crippen molar-refractivity contribution < 1.29 is 23.0 Å². The summed E-state index contributed by atoms with van der Waals surface area (Å²) >= 11 is 3.34. The molecular weight excluding hydrogens is 306 g/mol. The van der Waals surface area contributed by atoms with Crippen LogP contribution in [0.5, 0.6) is 0 Å². The maximum Gasteiger partial charge on any atom is 0.298 e. The van der Waals surface area contributed by atoms with Gasteiger partial charge in [-0.1, -0.05) is 23.5 Å². The highest BCUT2D eigenvalue weighted by atomic mass is 32.2. The third kappa shape index (κ3) is 4.15. The van der Waals surface area contributed by atoms with Crippen LogP contribution in [0.4, 0.5) is 0 Å². The van der Waals surface area contributed by atoms with Gasteiger partial charge in [0.25, 0.3) is 14.5 Å². The van der Waals surface area contributed by atoms with Gasteiger partial charge in [0, 0.05) is 12.5 Å². The number of nitrogens with zero attached hydrogens (tertiary/aromatic N) is 1. The molecule has 0 saturated heterocycles. The lowest BCUT2D eigenvalue weighted by molar-refractivity contribution is -0.701. The summed E-state index contributed by atoms with van der Waals surface area (Å²) in [5.41, 5.74) is 1.11. The van der Waals surface area contributed by atoms with Gasteiger partial charge in [-0.3, -0.25) is 4.55 Å². The van der Waals surface area contributed by atoms with E-state index in [9.17, 15) is 8.42 Å². The van der Waals surface area contributed by atoms with Gasteiger partial charge in [0.05, 0.1) is 5.75 Å². The van der Waals surface area contributed by atoms with Crippen LogP contribution in [0.3, 0.4) is 0 Å². The largest absolute Gasteiger partial charge is 0.870 e. The molecule has 0 aliphatic rings. The van der Waals surface area contributed by atoms with Gasteiger partial charge in [0.2, 0.25) is 5.52 Å². The summed E-state index contributed by atoms with van der Waals surface area (Å²) < 4.78 is 34.6. The van der Waals surface area contributed by atoms with Gasteiger partial charge in [0.1, 0.15) is 4.70 Å². The van der Waals surface area contributed by atoms with Crippen LogP contribution in [0, 0.1) is 0 Å². The zero-order valence-corrected chi connectivity index (χ0v) is 12.8. The normalized spacial score (nSPS) is 11.5. The van der Waals surface area contributed by atoms with Crippen molar-refractivity contribution in [3.8, 4) is 0 Å². The van der Waals surface area contributed by atoms with Crippen LogP contribution in [0.1, 0.15) is 6.42 Å². The Labute approximate surface area is 120 Å². The van der Waals surface area contributed by atoms with E-state index >= 15 is 0 Å². The van der Waals surface area contributed by atoms with Crippen molar-refractivity contribution in [2.75, 3.05) is 12.0 Å². The minimum absolute atomic E-state index is 0. The average molecular weight is 321 g/mol. The van der Waals surface area contributed by atoms with Crippen molar-refractivity contribution >= 4 is 43.4 Å². The van der Waals surface area contributed by atoms with Gasteiger partial charge in [-0.05, 0) is 24.1 Å². The number of thioether (sulfide) groups is 1. The first-order valence-electron chi connectivity index (χ1n) is 5.42. The zero-order valence-electron chi connectivity index (χ0n) is 10.3. The Morgan fingerprint density at radius 1 is 1.37 bits per heavy atom. The maximum atomic E-state index is 10.7. The van der Waals surface area contributed by atoms with Gasteiger partial charge in [-0.15, -0.1) is 0 Å². The van der Waals surface area contributed by atoms with Crippen LogP contribution in [-0.2, 0) is 16.7 Å². The van der Waals surface area contributed by atoms with Gasteiger partial charge in [-0.2, -0.15) is 13.0 Å². The predicted molar refractivity (Wildman–Crippen MR) is 76.8 cm³/mol. The summed E-state index contributed by atoms with van der Waals surface area (Å²) in [5.74, 6) is -0.196. The van der Waals surface area contributed by atoms with Crippen LogP contribution in [0.15, 0.2) is 28.6 Å². The molecule has 0 aliphatic heterocycles. The highest BCUT2D eigenvalue weighted by Crippen LogP contribution is 2.26. The van der Waals surface area contributed by atoms with Crippen LogP contribution >= 0.6 is 23.1 Å². The Morgan fingerprint density at radius 2 is 2.05 bits per heavy atom. The van der Waals surface area contributed by atoms with E-state index < -0.39 is 10.1 Å². The summed E-state index contributed by atoms with van der Waals surface area (Å²) in [4.78, 5) is 0. The second-order valence-electron chi connectivity index (χ2n) is 3.83. The summed E-state index contributed by atoms with van der Waals surface area (Å²) in [6, 6.07) is 8.04. The standard InChI is InChI=1S/C11H13NO3S3.H2O/c1-16-11-12(7-4-8-18(13,14)15)9-5-2-3-6-10(9)17-11;/h2-3,5-6H,4,7-8H2,1H3;1H2. The molecule has 0 amide bonds. The molecule has 1 aromatic carbocycles. The molecule has 0 saturated carbocycles. The molecule has 0 fully saturated rings. The predicted octanol–water partition coefficient (Wildman–Crippen LogP) is 2.01. The van der Waals surface area contributed by atoms with Crippen molar-refractivity contribution in [1.29, 1.82) is 0 Å². The van der Waals surface area contributed by atoms with Crippen molar-refractivity contribution in [2.45, 2.75) is 17.3 Å². The Balaban J connectivity index is 0.00000180. The fourth-order valence-electron chi connectivity index (χ4n) is 1.78. The van der Waals surface area contributed by atoms with Crippen LogP contribution in [0.25, 0.3) is 10.2 Å². The summed E-state index contributed by atoms with van der Waals surface area (Å²) in [5, 5.41) is 0. The molecule has 1 heterocycles. The average Bonchev–Trinajstić information content (AvgIpc) is 2.66. The number of rotatable bonds is 5. The number of thiazole rings is 1. The lowest BCUT2D eigenvalue weighted by Crippen LogP contribution is -2.35. The van der Waals surface area contributed by atoms with Crippen molar-refractivity contribution in [1.82, 2.24) is 0 Å². The van der Waals surface area contributed by atoms with Crippen molar-refractivity contribution in [3.63, 3.8) is 0 Å². The number of para-hydroxylation sites is 1. The number of hydrogen-bond donors (Lipinski definition) is 1. The van der Waals surface area contributed by atoms with E-state index in [1.165, 1.54) is 4.70 Å². The second-order valence-corrected chi connectivity index (χ2v) is 7.49. The quantitative estimate of drug-likeness (QED) is 0.517. The minimum Gasteiger partial charge on any atom is -0.870 e. The first kappa shape index (κ1) is 16.4. The molecule has 2 aromatic rings. The molecule has 2 N–H and O–H groups in total. The fourth-order valence-corrected chi connectivity index (χ4v) is 4.21. The molecule has 2 rings (SSSR count). The highest BCUT2D eigenvalue weighted by Gasteiger charge is 2.19. The van der Waals surface area contributed by atoms with Gasteiger partial charge in [-0.25, -0.2) is 0 Å². The zero-order chi connectivity index (χ0) is 13.2. The monoisotopic (exact) mass is 321 g/mol. The Morgan fingerprint density at radius 3 is 2.68 bits per heavy atom. The second kappa shape index (κ2) is 6.67. The number of hydrogen-bond acceptors (Lipinski definition) is 5. The molecule has 0 bridgehead atoms. The van der Waals surface area contributed by atoms with Crippen LogP contribution in [-0.4, -0.2) is 30.5 Å². The van der Waals surface area contributed by atoms with Crippen molar-refractivity contribution in [3.05, 3.63) is 24.3 Å². The SMILES string of the molecule is CSc1sc2ccccc2[n+]1CCCS(=O)(=O)O.[OH-]. The first-order chi connectivity index (χ1) is 8.51. The Bertz CT molecular complexity index is 651. The molecule has 0 atom stereocenters. The smallest absolute Gasteiger partial charge is 0.298 e. The summed E-state index contributed by atoms with van der Waals surface area (Å²) in [7, 11) is -3.87. The van der Waals surface area contributed by atoms with Crippen LogP contribution in [0.2, 0.25) is 0 Å². The molecule has 5 nitrogen and oxygen atoms in total. The highest BCUT2D eigenvalue weighted by molar-refractivity contribution is 8.00. The number of aryl methyl sites for hydroxylation is 1. The third-order valence-electron chi connectivity index (χ3n) is 2.53. The minimum atomic E-state index is -3.87. The van der Waals surface area contributed by atoms with E-state index in [0.29, 0.717) is 13.0 Å². The van der Waals surface area contributed by atoms with E-state index in [0.717, 1.165) is 9.86 Å². The molecule has 0 aliphatic carbocycles. The van der Waals surface area contributed by atoms with E-state index in [2.05, 4.69) is 10.6 Å². The first-order valence-corrected chi connectivity index (χ1v) is 9.07. The number of benzene rings is 1. The number of aromatic nitrogens is 1. The molecular formula is C11H15NO4S3. The topological polar surface area (TPSA) is 88.2 Å². The molecule has 0 unspecified atom stereocenters. The van der Waals surface area contributed by atoms with Crippen molar-refractivity contribution in [2.24, 2.45) is 0 Å². The van der Waals surface area contributed by atoms with E-state index in [4.69, 9.17) is 4.55 Å². The van der Waals surface area contributed by atoms with Gasteiger partial charge >= 0.3 is 0 Å². The van der Waals surface area contributed by atoms with E-state index in [1.807, 2.05) is 24.5 Å². The maximum absolute atomic E-state index is 10.7. The third-order valence-corrected chi connectivity index (χ3v) is 5.62.